The maximum absolute atomic E-state index is 12.7. The fraction of sp³-hybridized carbons (Fsp3) is 0.222. The molecule has 0 atom stereocenters. The van der Waals surface area contributed by atoms with Gasteiger partial charge in [0.05, 0.1) is 5.69 Å². The first kappa shape index (κ1) is 14.3. The average molecular weight is 293 g/mol. The third-order valence-corrected chi connectivity index (χ3v) is 4.02. The summed E-state index contributed by atoms with van der Waals surface area (Å²) in [7, 11) is 0. The van der Waals surface area contributed by atoms with Crippen LogP contribution in [-0.4, -0.2) is 15.3 Å². The Labute approximate surface area is 129 Å². The number of nitrogens with one attached hydrogen (secondary N) is 1. The van der Waals surface area contributed by atoms with Crippen LogP contribution < -0.4 is 5.32 Å². The molecule has 1 N–H and O–H groups in total. The first-order valence-corrected chi connectivity index (χ1v) is 7.30. The molecule has 0 saturated carbocycles. The van der Waals surface area contributed by atoms with Gasteiger partial charge in [0, 0.05) is 11.9 Å². The van der Waals surface area contributed by atoms with Crippen molar-refractivity contribution in [1.29, 1.82) is 0 Å². The highest BCUT2D eigenvalue weighted by atomic mass is 16.2. The number of imidazole rings is 1. The van der Waals surface area contributed by atoms with Crippen molar-refractivity contribution in [2.45, 2.75) is 27.7 Å². The van der Waals surface area contributed by atoms with E-state index in [0.717, 1.165) is 33.7 Å². The van der Waals surface area contributed by atoms with E-state index < -0.39 is 0 Å². The van der Waals surface area contributed by atoms with E-state index in [9.17, 15) is 4.79 Å². The summed E-state index contributed by atoms with van der Waals surface area (Å²) >= 11 is 0. The van der Waals surface area contributed by atoms with Crippen LogP contribution in [0.25, 0.3) is 5.65 Å². The quantitative estimate of drug-likeness (QED) is 0.780. The lowest BCUT2D eigenvalue weighted by atomic mass is 10.1. The second-order valence-electron chi connectivity index (χ2n) is 5.68. The van der Waals surface area contributed by atoms with Gasteiger partial charge in [-0.3, -0.25) is 9.20 Å². The molecule has 0 unspecified atom stereocenters. The predicted molar refractivity (Wildman–Crippen MR) is 88.5 cm³/mol. The molecule has 0 aliphatic heterocycles. The van der Waals surface area contributed by atoms with Crippen molar-refractivity contribution in [1.82, 2.24) is 9.38 Å². The number of benzene rings is 1. The summed E-state index contributed by atoms with van der Waals surface area (Å²) in [6.45, 7) is 7.92. The van der Waals surface area contributed by atoms with Crippen molar-refractivity contribution < 1.29 is 4.79 Å². The Morgan fingerprint density at radius 3 is 2.68 bits per heavy atom. The summed E-state index contributed by atoms with van der Waals surface area (Å²) in [6.07, 6.45) is 1.89. The summed E-state index contributed by atoms with van der Waals surface area (Å²) in [4.78, 5) is 17.2. The van der Waals surface area contributed by atoms with Gasteiger partial charge in [-0.2, -0.15) is 0 Å². The van der Waals surface area contributed by atoms with Crippen LogP contribution in [0.2, 0.25) is 0 Å². The molecule has 1 aromatic carbocycles. The Hall–Kier alpha value is -2.62. The van der Waals surface area contributed by atoms with E-state index in [-0.39, 0.29) is 5.91 Å². The number of hydrogen-bond acceptors (Lipinski definition) is 2. The van der Waals surface area contributed by atoms with Crippen LogP contribution in [-0.2, 0) is 0 Å². The van der Waals surface area contributed by atoms with Gasteiger partial charge >= 0.3 is 0 Å². The van der Waals surface area contributed by atoms with Gasteiger partial charge in [-0.05, 0) is 62.6 Å². The fourth-order valence-corrected chi connectivity index (χ4v) is 2.61. The predicted octanol–water partition coefficient (Wildman–Crippen LogP) is 3.82. The molecule has 3 aromatic rings. The summed E-state index contributed by atoms with van der Waals surface area (Å²) in [5.41, 5.74) is 6.31. The van der Waals surface area contributed by atoms with Crippen LogP contribution in [0.1, 0.15) is 32.9 Å². The molecular weight excluding hydrogens is 274 g/mol. The Kier molecular flexibility index (Phi) is 3.45. The zero-order valence-corrected chi connectivity index (χ0v) is 13.3. The summed E-state index contributed by atoms with van der Waals surface area (Å²) in [6, 6.07) is 9.85. The number of aromatic nitrogens is 2. The Morgan fingerprint density at radius 2 is 1.91 bits per heavy atom. The molecule has 0 aliphatic carbocycles. The zero-order valence-electron chi connectivity index (χ0n) is 13.3. The number of rotatable bonds is 2. The maximum Gasteiger partial charge on any atom is 0.274 e. The molecular formula is C18H19N3O. The van der Waals surface area contributed by atoms with Crippen molar-refractivity contribution in [2.75, 3.05) is 5.32 Å². The number of fused-ring (bicyclic) bond motifs is 1. The van der Waals surface area contributed by atoms with E-state index in [2.05, 4.69) is 10.3 Å². The SMILES string of the molecule is Cc1ccn2c(C(=O)Nc3cccc(C)c3C)c(C)nc2c1. The summed E-state index contributed by atoms with van der Waals surface area (Å²) in [5, 5.41) is 3.00. The lowest BCUT2D eigenvalue weighted by molar-refractivity contribution is 0.102. The Morgan fingerprint density at radius 1 is 1.14 bits per heavy atom. The number of pyridine rings is 1. The number of hydrogen-bond donors (Lipinski definition) is 1. The van der Waals surface area contributed by atoms with Crippen molar-refractivity contribution in [3.8, 4) is 0 Å². The highest BCUT2D eigenvalue weighted by Gasteiger charge is 2.17. The van der Waals surface area contributed by atoms with Crippen LogP contribution in [0, 0.1) is 27.7 Å². The van der Waals surface area contributed by atoms with Crippen molar-refractivity contribution >= 4 is 17.2 Å². The molecule has 0 aliphatic rings. The Bertz CT molecular complexity index is 877. The van der Waals surface area contributed by atoms with Crippen LogP contribution in [0.4, 0.5) is 5.69 Å². The van der Waals surface area contributed by atoms with E-state index in [1.165, 1.54) is 0 Å². The van der Waals surface area contributed by atoms with Crippen molar-refractivity contribution in [3.63, 3.8) is 0 Å². The van der Waals surface area contributed by atoms with E-state index in [0.29, 0.717) is 5.69 Å². The molecule has 1 amide bonds. The van der Waals surface area contributed by atoms with Gasteiger partial charge in [-0.1, -0.05) is 12.1 Å². The van der Waals surface area contributed by atoms with Gasteiger partial charge in [-0.25, -0.2) is 4.98 Å². The van der Waals surface area contributed by atoms with Crippen LogP contribution in [0.3, 0.4) is 0 Å². The molecule has 2 aromatic heterocycles. The second kappa shape index (κ2) is 5.30. The number of amides is 1. The minimum atomic E-state index is -0.137. The molecule has 0 radical (unpaired) electrons. The molecule has 0 spiro atoms. The summed E-state index contributed by atoms with van der Waals surface area (Å²) in [5.74, 6) is -0.137. The highest BCUT2D eigenvalue weighted by Crippen LogP contribution is 2.20. The third-order valence-electron chi connectivity index (χ3n) is 4.02. The highest BCUT2D eigenvalue weighted by molar-refractivity contribution is 6.04. The lowest BCUT2D eigenvalue weighted by Crippen LogP contribution is -2.16. The molecule has 2 heterocycles. The molecule has 4 nitrogen and oxygen atoms in total. The minimum Gasteiger partial charge on any atom is -0.320 e. The molecule has 4 heteroatoms. The Balaban J connectivity index is 2.02. The third kappa shape index (κ3) is 2.37. The molecule has 112 valence electrons. The molecule has 22 heavy (non-hydrogen) atoms. The largest absolute Gasteiger partial charge is 0.320 e. The zero-order chi connectivity index (χ0) is 15.9. The first-order chi connectivity index (χ1) is 10.5. The monoisotopic (exact) mass is 293 g/mol. The summed E-state index contributed by atoms with van der Waals surface area (Å²) < 4.78 is 1.84. The van der Waals surface area contributed by atoms with Gasteiger partial charge in [0.15, 0.2) is 0 Å². The normalized spacial score (nSPS) is 10.9. The van der Waals surface area contributed by atoms with Gasteiger partial charge < -0.3 is 5.32 Å². The lowest BCUT2D eigenvalue weighted by Gasteiger charge is -2.10. The standard InChI is InChI=1S/C18H19N3O/c1-11-8-9-21-16(10-11)19-14(4)17(21)18(22)20-15-7-5-6-12(2)13(15)3/h5-10H,1-4H3,(H,20,22). The van der Waals surface area contributed by atoms with Gasteiger partial charge in [-0.15, -0.1) is 0 Å². The smallest absolute Gasteiger partial charge is 0.274 e. The number of anilines is 1. The molecule has 0 fully saturated rings. The molecule has 0 bridgehead atoms. The number of carbonyl (C=O) groups excluding carboxylic acids is 1. The number of nitrogens with zero attached hydrogens (tertiary/aromatic N) is 2. The molecule has 3 rings (SSSR count). The van der Waals surface area contributed by atoms with E-state index in [1.54, 1.807) is 0 Å². The van der Waals surface area contributed by atoms with Gasteiger partial charge in [0.2, 0.25) is 0 Å². The number of carbonyl (C=O) groups is 1. The van der Waals surface area contributed by atoms with Crippen LogP contribution in [0.15, 0.2) is 36.5 Å². The fourth-order valence-electron chi connectivity index (χ4n) is 2.61. The van der Waals surface area contributed by atoms with Crippen molar-refractivity contribution in [2.24, 2.45) is 0 Å². The van der Waals surface area contributed by atoms with Gasteiger partial charge in [0.1, 0.15) is 11.3 Å². The number of aryl methyl sites for hydroxylation is 3. The van der Waals surface area contributed by atoms with E-state index >= 15 is 0 Å². The second-order valence-corrected chi connectivity index (χ2v) is 5.68. The van der Waals surface area contributed by atoms with Crippen molar-refractivity contribution in [3.05, 3.63) is 64.6 Å². The molecule has 0 saturated heterocycles. The first-order valence-electron chi connectivity index (χ1n) is 7.30. The minimum absolute atomic E-state index is 0.137. The van der Waals surface area contributed by atoms with E-state index in [4.69, 9.17) is 0 Å². The van der Waals surface area contributed by atoms with Crippen LogP contribution >= 0.6 is 0 Å². The topological polar surface area (TPSA) is 46.4 Å². The average Bonchev–Trinajstić information content (AvgIpc) is 2.78. The van der Waals surface area contributed by atoms with E-state index in [1.807, 2.05) is 68.6 Å². The maximum atomic E-state index is 12.7. The van der Waals surface area contributed by atoms with Gasteiger partial charge in [0.25, 0.3) is 5.91 Å². The van der Waals surface area contributed by atoms with Crippen LogP contribution in [0.5, 0.6) is 0 Å².